The van der Waals surface area contributed by atoms with E-state index in [9.17, 15) is 0 Å². The Morgan fingerprint density at radius 1 is 0.882 bits per heavy atom. The van der Waals surface area contributed by atoms with Crippen LogP contribution in [0.25, 0.3) is 22.3 Å². The van der Waals surface area contributed by atoms with Crippen molar-refractivity contribution in [2.75, 3.05) is 5.73 Å². The SMILES string of the molecule is CC(C)(C)N1N=C(c2ccc(-c3nn(C(C)(C)C)c4ncnc(N)c34)cc2)C2C(N)=NC=NC21. The number of nitrogen functional groups attached to an aromatic ring is 1. The maximum absolute atomic E-state index is 6.31. The smallest absolute Gasteiger partial charge is 0.164 e. The highest BCUT2D eigenvalue weighted by Crippen LogP contribution is 2.36. The highest BCUT2D eigenvalue weighted by atomic mass is 15.6. The summed E-state index contributed by atoms with van der Waals surface area (Å²) in [5.41, 5.74) is 16.3. The number of amidine groups is 1. The molecule has 34 heavy (non-hydrogen) atoms. The first kappa shape index (κ1) is 22.0. The molecule has 2 aromatic heterocycles. The first-order valence-electron chi connectivity index (χ1n) is 11.3. The monoisotopic (exact) mass is 458 g/mol. The first-order valence-corrected chi connectivity index (χ1v) is 11.3. The minimum Gasteiger partial charge on any atom is -0.386 e. The lowest BCUT2D eigenvalue weighted by molar-refractivity contribution is 0.100. The number of aliphatic imine (C=N–C) groups is 2. The van der Waals surface area contributed by atoms with Crippen LogP contribution in [0.3, 0.4) is 0 Å². The van der Waals surface area contributed by atoms with Gasteiger partial charge in [0.2, 0.25) is 0 Å². The van der Waals surface area contributed by atoms with Gasteiger partial charge in [0.05, 0.1) is 22.2 Å². The van der Waals surface area contributed by atoms with E-state index in [0.717, 1.165) is 27.9 Å². The molecule has 176 valence electrons. The molecule has 0 saturated heterocycles. The lowest BCUT2D eigenvalue weighted by Gasteiger charge is -2.35. The Morgan fingerprint density at radius 2 is 1.56 bits per heavy atom. The molecule has 0 amide bonds. The van der Waals surface area contributed by atoms with Crippen LogP contribution in [0.4, 0.5) is 5.82 Å². The van der Waals surface area contributed by atoms with E-state index >= 15 is 0 Å². The van der Waals surface area contributed by atoms with Crippen LogP contribution in [0.2, 0.25) is 0 Å². The summed E-state index contributed by atoms with van der Waals surface area (Å²) in [6, 6.07) is 8.11. The molecule has 10 nitrogen and oxygen atoms in total. The molecule has 0 aliphatic carbocycles. The third-order valence-electron chi connectivity index (χ3n) is 6.07. The summed E-state index contributed by atoms with van der Waals surface area (Å²) in [6.45, 7) is 12.6. The highest BCUT2D eigenvalue weighted by Gasteiger charge is 2.45. The zero-order valence-corrected chi connectivity index (χ0v) is 20.4. The van der Waals surface area contributed by atoms with E-state index in [1.54, 1.807) is 0 Å². The van der Waals surface area contributed by atoms with Crippen LogP contribution in [0.15, 0.2) is 45.7 Å². The van der Waals surface area contributed by atoms with Crippen molar-refractivity contribution in [3.63, 3.8) is 0 Å². The number of anilines is 1. The predicted octanol–water partition coefficient (Wildman–Crippen LogP) is 2.99. The first-order chi connectivity index (χ1) is 16.0. The summed E-state index contributed by atoms with van der Waals surface area (Å²) in [6.07, 6.45) is 2.80. The molecule has 2 atom stereocenters. The number of hydrogen-bond acceptors (Lipinski definition) is 9. The maximum Gasteiger partial charge on any atom is 0.164 e. The van der Waals surface area contributed by atoms with Gasteiger partial charge < -0.3 is 11.5 Å². The quantitative estimate of drug-likeness (QED) is 0.606. The van der Waals surface area contributed by atoms with E-state index in [0.29, 0.717) is 17.3 Å². The van der Waals surface area contributed by atoms with E-state index in [1.165, 1.54) is 12.7 Å². The number of benzene rings is 1. The molecule has 3 aromatic rings. The van der Waals surface area contributed by atoms with Gasteiger partial charge in [-0.3, -0.25) is 5.01 Å². The average molecular weight is 459 g/mol. The van der Waals surface area contributed by atoms with Crippen molar-refractivity contribution in [3.05, 3.63) is 36.2 Å². The Labute approximate surface area is 198 Å². The molecule has 0 spiro atoms. The van der Waals surface area contributed by atoms with Crippen molar-refractivity contribution in [2.45, 2.75) is 58.8 Å². The van der Waals surface area contributed by atoms with Gasteiger partial charge in [0, 0.05) is 5.56 Å². The zero-order valence-electron chi connectivity index (χ0n) is 20.4. The Balaban J connectivity index is 1.59. The Kier molecular flexibility index (Phi) is 4.75. The second-order valence-corrected chi connectivity index (χ2v) is 10.7. The standard InChI is InChI=1S/C24H30N10/c1-23(2,3)33-21-15(19(25)27-11-29-21)17(31-33)13-7-9-14(10-8-13)18-16-20(26)28-12-30-22(16)34(32-18)24(4,5)6/h7-12,15,21H,1-6H3,(H2,25,27,29)(H2,26,28,30). The molecule has 2 aliphatic heterocycles. The number of hydrazone groups is 1. The van der Waals surface area contributed by atoms with Crippen LogP contribution in [0, 0.1) is 5.92 Å². The molecule has 5 rings (SSSR count). The number of hydrogen-bond donors (Lipinski definition) is 2. The molecular formula is C24H30N10. The van der Waals surface area contributed by atoms with Crippen LogP contribution >= 0.6 is 0 Å². The molecule has 2 aliphatic rings. The van der Waals surface area contributed by atoms with Gasteiger partial charge in [-0.25, -0.2) is 24.6 Å². The van der Waals surface area contributed by atoms with Crippen LogP contribution in [-0.2, 0) is 5.54 Å². The molecular weight excluding hydrogens is 428 g/mol. The van der Waals surface area contributed by atoms with Gasteiger partial charge in [0.25, 0.3) is 0 Å². The molecule has 2 unspecified atom stereocenters. The van der Waals surface area contributed by atoms with Gasteiger partial charge in [0.1, 0.15) is 35.9 Å². The van der Waals surface area contributed by atoms with E-state index in [-0.39, 0.29) is 23.2 Å². The maximum atomic E-state index is 6.31. The molecule has 4 N–H and O–H groups in total. The molecule has 0 fully saturated rings. The van der Waals surface area contributed by atoms with Gasteiger partial charge >= 0.3 is 0 Å². The Hall–Kier alpha value is -3.82. The fourth-order valence-corrected chi connectivity index (χ4v) is 4.44. The van der Waals surface area contributed by atoms with Crippen molar-refractivity contribution >= 4 is 34.7 Å². The van der Waals surface area contributed by atoms with E-state index < -0.39 is 0 Å². The van der Waals surface area contributed by atoms with Crippen LogP contribution < -0.4 is 11.5 Å². The number of nitrogens with zero attached hydrogens (tertiary/aromatic N) is 8. The van der Waals surface area contributed by atoms with Crippen LogP contribution in [0.1, 0.15) is 47.1 Å². The third-order valence-corrected chi connectivity index (χ3v) is 6.07. The van der Waals surface area contributed by atoms with Gasteiger partial charge in [-0.15, -0.1) is 0 Å². The van der Waals surface area contributed by atoms with Crippen LogP contribution in [-0.4, -0.2) is 54.3 Å². The average Bonchev–Trinajstić information content (AvgIpc) is 3.35. The molecule has 0 bridgehead atoms. The predicted molar refractivity (Wildman–Crippen MR) is 136 cm³/mol. The largest absolute Gasteiger partial charge is 0.386 e. The summed E-state index contributed by atoms with van der Waals surface area (Å²) in [4.78, 5) is 17.5. The summed E-state index contributed by atoms with van der Waals surface area (Å²) in [7, 11) is 0. The fraction of sp³-hybridized carbons (Fsp3) is 0.417. The van der Waals surface area contributed by atoms with Crippen molar-refractivity contribution in [3.8, 4) is 11.3 Å². The Bertz CT molecular complexity index is 1350. The third kappa shape index (κ3) is 3.41. The van der Waals surface area contributed by atoms with Crippen molar-refractivity contribution in [1.82, 2.24) is 24.8 Å². The second kappa shape index (κ2) is 7.34. The lowest BCUT2D eigenvalue weighted by atomic mass is 9.92. The van der Waals surface area contributed by atoms with Crippen LogP contribution in [0.5, 0.6) is 0 Å². The molecule has 0 saturated carbocycles. The van der Waals surface area contributed by atoms with Gasteiger partial charge in [-0.05, 0) is 47.1 Å². The highest BCUT2D eigenvalue weighted by molar-refractivity contribution is 6.17. The minimum absolute atomic E-state index is 0.194. The Morgan fingerprint density at radius 3 is 2.21 bits per heavy atom. The van der Waals surface area contributed by atoms with Crippen molar-refractivity contribution in [1.29, 1.82) is 0 Å². The number of nitrogens with two attached hydrogens (primary N) is 2. The zero-order chi connectivity index (χ0) is 24.4. The molecule has 10 heteroatoms. The van der Waals surface area contributed by atoms with Gasteiger partial charge in [-0.2, -0.15) is 10.2 Å². The summed E-state index contributed by atoms with van der Waals surface area (Å²) < 4.78 is 1.90. The molecule has 0 radical (unpaired) electrons. The van der Waals surface area contributed by atoms with E-state index in [4.69, 9.17) is 21.7 Å². The summed E-state index contributed by atoms with van der Waals surface area (Å²) in [5.74, 6) is 0.738. The number of rotatable bonds is 2. The van der Waals surface area contributed by atoms with Gasteiger partial charge in [0.15, 0.2) is 11.8 Å². The van der Waals surface area contributed by atoms with E-state index in [2.05, 4.69) is 61.5 Å². The van der Waals surface area contributed by atoms with Crippen molar-refractivity contribution < 1.29 is 0 Å². The molecule has 4 heterocycles. The number of fused-ring (bicyclic) bond motifs is 2. The van der Waals surface area contributed by atoms with E-state index in [1.807, 2.05) is 34.0 Å². The van der Waals surface area contributed by atoms with Gasteiger partial charge in [-0.1, -0.05) is 24.3 Å². The fourth-order valence-electron chi connectivity index (χ4n) is 4.44. The summed E-state index contributed by atoms with van der Waals surface area (Å²) in [5, 5.41) is 12.6. The lowest BCUT2D eigenvalue weighted by Crippen LogP contribution is -2.48. The second-order valence-electron chi connectivity index (χ2n) is 10.7. The molecule has 1 aromatic carbocycles. The topological polar surface area (TPSA) is 136 Å². The summed E-state index contributed by atoms with van der Waals surface area (Å²) >= 11 is 0. The normalized spacial score (nSPS) is 20.5. The number of aromatic nitrogens is 4. The van der Waals surface area contributed by atoms with Crippen molar-refractivity contribution in [2.24, 2.45) is 26.7 Å². The minimum atomic E-state index is -0.264.